The van der Waals surface area contributed by atoms with Gasteiger partial charge >= 0.3 is 5.97 Å². The third-order valence-electron chi connectivity index (χ3n) is 7.40. The Morgan fingerprint density at radius 2 is 1.90 bits per heavy atom. The Bertz CT molecular complexity index is 1950. The molecule has 0 aliphatic carbocycles. The van der Waals surface area contributed by atoms with Crippen molar-refractivity contribution in [2.45, 2.75) is 40.7 Å². The Labute approximate surface area is 254 Å². The summed E-state index contributed by atoms with van der Waals surface area (Å²) < 4.78 is 22.0. The highest BCUT2D eigenvalue weighted by atomic mass is 127. The van der Waals surface area contributed by atoms with E-state index in [9.17, 15) is 9.59 Å². The van der Waals surface area contributed by atoms with Crippen molar-refractivity contribution >= 4 is 46.0 Å². The number of ether oxygens (including phenoxy) is 3. The summed E-state index contributed by atoms with van der Waals surface area (Å²) in [6.07, 6.45) is 1.92. The number of aromatic nitrogens is 2. The van der Waals surface area contributed by atoms with Gasteiger partial charge in [-0.3, -0.25) is 9.36 Å². The minimum atomic E-state index is -0.719. The highest BCUT2D eigenvalue weighted by Crippen LogP contribution is 2.38. The van der Waals surface area contributed by atoms with Crippen molar-refractivity contribution in [2.75, 3.05) is 13.4 Å². The number of hydrogen-bond acceptors (Lipinski definition) is 7. The number of fused-ring (bicyclic) bond motifs is 2. The first kappa shape index (κ1) is 27.5. The molecule has 0 fully saturated rings. The molecule has 1 atom stereocenters. The normalized spacial score (nSPS) is 16.1. The zero-order valence-electron chi connectivity index (χ0n) is 23.3. The van der Waals surface area contributed by atoms with Crippen molar-refractivity contribution in [3.63, 3.8) is 0 Å². The molecular formula is C31H28IN3O5S. The van der Waals surface area contributed by atoms with Gasteiger partial charge in [0.1, 0.15) is 0 Å². The van der Waals surface area contributed by atoms with Crippen LogP contribution in [0.1, 0.15) is 48.0 Å². The second kappa shape index (κ2) is 10.6. The van der Waals surface area contributed by atoms with E-state index in [4.69, 9.17) is 19.2 Å². The highest BCUT2D eigenvalue weighted by molar-refractivity contribution is 14.1. The van der Waals surface area contributed by atoms with E-state index in [1.165, 1.54) is 20.5 Å². The van der Waals surface area contributed by atoms with Gasteiger partial charge in [0.15, 0.2) is 16.3 Å². The lowest BCUT2D eigenvalue weighted by Gasteiger charge is -2.24. The molecule has 0 unspecified atom stereocenters. The van der Waals surface area contributed by atoms with Crippen molar-refractivity contribution in [3.05, 3.63) is 105 Å². The molecule has 2 aliphatic rings. The van der Waals surface area contributed by atoms with Gasteiger partial charge < -0.3 is 18.8 Å². The highest BCUT2D eigenvalue weighted by Gasteiger charge is 2.34. The smallest absolute Gasteiger partial charge is 0.338 e. The summed E-state index contributed by atoms with van der Waals surface area (Å²) in [7, 11) is 0. The maximum Gasteiger partial charge on any atom is 0.338 e. The number of esters is 1. The maximum atomic E-state index is 14.1. The van der Waals surface area contributed by atoms with Crippen LogP contribution in [0.4, 0.5) is 0 Å². The first-order valence-electron chi connectivity index (χ1n) is 13.2. The Balaban J connectivity index is 1.52. The van der Waals surface area contributed by atoms with Gasteiger partial charge in [0, 0.05) is 20.6 Å². The van der Waals surface area contributed by atoms with Crippen LogP contribution in [0.2, 0.25) is 0 Å². The number of carbonyl (C=O) groups is 1. The van der Waals surface area contributed by atoms with Gasteiger partial charge in [-0.05, 0) is 110 Å². The summed E-state index contributed by atoms with van der Waals surface area (Å²) in [6, 6.07) is 13.2. The number of halogens is 1. The number of benzene rings is 2. The molecule has 0 N–H and O–H groups in total. The molecule has 10 heteroatoms. The fourth-order valence-corrected chi connectivity index (χ4v) is 6.92. The van der Waals surface area contributed by atoms with E-state index in [0.29, 0.717) is 37.7 Å². The number of thiazole rings is 1. The van der Waals surface area contributed by atoms with Crippen LogP contribution in [-0.2, 0) is 9.53 Å². The van der Waals surface area contributed by atoms with Gasteiger partial charge in [-0.2, -0.15) is 0 Å². The van der Waals surface area contributed by atoms with Crippen LogP contribution in [0.15, 0.2) is 63.5 Å². The third kappa shape index (κ3) is 4.72. The molecule has 210 valence electrons. The van der Waals surface area contributed by atoms with Crippen molar-refractivity contribution in [3.8, 4) is 17.2 Å². The largest absolute Gasteiger partial charge is 0.463 e. The summed E-state index contributed by atoms with van der Waals surface area (Å²) in [6.45, 7) is 10.1. The van der Waals surface area contributed by atoms with E-state index in [-0.39, 0.29) is 19.0 Å². The number of rotatable bonds is 5. The van der Waals surface area contributed by atoms with Crippen LogP contribution in [0.5, 0.6) is 11.5 Å². The molecule has 6 rings (SSSR count). The molecule has 8 nitrogen and oxygen atoms in total. The van der Waals surface area contributed by atoms with Crippen molar-refractivity contribution in [2.24, 2.45) is 4.99 Å². The first-order valence-corrected chi connectivity index (χ1v) is 15.1. The quantitative estimate of drug-likeness (QED) is 0.222. The predicted molar refractivity (Wildman–Crippen MR) is 166 cm³/mol. The van der Waals surface area contributed by atoms with Crippen LogP contribution in [0.25, 0.3) is 11.8 Å². The van der Waals surface area contributed by atoms with Gasteiger partial charge in [-0.1, -0.05) is 23.5 Å². The van der Waals surface area contributed by atoms with Crippen molar-refractivity contribution < 1.29 is 19.0 Å². The summed E-state index contributed by atoms with van der Waals surface area (Å²) in [5.41, 5.74) is 6.70. The summed E-state index contributed by atoms with van der Waals surface area (Å²) in [5.74, 6) is 0.695. The Morgan fingerprint density at radius 1 is 1.12 bits per heavy atom. The number of nitrogens with zero attached hydrogens (tertiary/aromatic N) is 3. The zero-order chi connectivity index (χ0) is 29.0. The number of aryl methyl sites for hydroxylation is 2. The van der Waals surface area contributed by atoms with Gasteiger partial charge in [0.25, 0.3) is 5.56 Å². The minimum Gasteiger partial charge on any atom is -0.463 e. The van der Waals surface area contributed by atoms with Crippen molar-refractivity contribution in [1.29, 1.82) is 0 Å². The molecule has 2 aromatic heterocycles. The van der Waals surface area contributed by atoms with E-state index in [0.717, 1.165) is 22.6 Å². The van der Waals surface area contributed by atoms with Gasteiger partial charge in [-0.15, -0.1) is 0 Å². The average molecular weight is 682 g/mol. The second-order valence-corrected chi connectivity index (χ2v) is 12.2. The van der Waals surface area contributed by atoms with Crippen LogP contribution >= 0.6 is 33.9 Å². The van der Waals surface area contributed by atoms with Gasteiger partial charge in [-0.25, -0.2) is 9.79 Å². The second-order valence-electron chi connectivity index (χ2n) is 10.0. The Hall–Kier alpha value is -3.64. The predicted octanol–water partition coefficient (Wildman–Crippen LogP) is 4.85. The van der Waals surface area contributed by atoms with E-state index in [1.807, 2.05) is 18.2 Å². The molecule has 41 heavy (non-hydrogen) atoms. The zero-order valence-corrected chi connectivity index (χ0v) is 26.3. The van der Waals surface area contributed by atoms with Gasteiger partial charge in [0.2, 0.25) is 6.79 Å². The van der Waals surface area contributed by atoms with Crippen LogP contribution in [0, 0.1) is 24.3 Å². The third-order valence-corrected chi connectivity index (χ3v) is 9.55. The molecule has 2 aliphatic heterocycles. The summed E-state index contributed by atoms with van der Waals surface area (Å²) >= 11 is 3.66. The molecule has 0 saturated heterocycles. The number of allylic oxidation sites excluding steroid dienone is 1. The monoisotopic (exact) mass is 681 g/mol. The molecule has 0 spiro atoms. The van der Waals surface area contributed by atoms with E-state index < -0.39 is 12.0 Å². The molecule has 0 bridgehead atoms. The molecule has 0 amide bonds. The average Bonchev–Trinajstić information content (AvgIpc) is 3.60. The van der Waals surface area contributed by atoms with Crippen LogP contribution < -0.4 is 24.4 Å². The minimum absolute atomic E-state index is 0.126. The van der Waals surface area contributed by atoms with E-state index >= 15 is 0 Å². The Morgan fingerprint density at radius 3 is 2.66 bits per heavy atom. The topological polar surface area (TPSA) is 84.1 Å². The first-order chi connectivity index (χ1) is 19.7. The van der Waals surface area contributed by atoms with Crippen LogP contribution in [0.3, 0.4) is 0 Å². The van der Waals surface area contributed by atoms with Gasteiger partial charge in [0.05, 0.1) is 28.5 Å². The Kier molecular flexibility index (Phi) is 7.14. The standard InChI is InChI=1S/C31H28IN3O5S/c1-6-38-30(37)27-18(4)33-31-35(28(27)20-8-10-24-25(12-20)40-15-39-24)29(36)26(41-31)13-21-11-17(3)34(19(21)5)22-9-7-16(2)23(32)14-22/h7-14,28H,6,15H2,1-5H3/b26-13-/t28-/m0/s1. The lowest BCUT2D eigenvalue weighted by atomic mass is 9.95. The van der Waals surface area contributed by atoms with E-state index in [2.05, 4.69) is 72.2 Å². The van der Waals surface area contributed by atoms with Crippen LogP contribution in [-0.4, -0.2) is 28.5 Å². The number of carbonyl (C=O) groups excluding carboxylic acids is 1. The van der Waals surface area contributed by atoms with E-state index in [1.54, 1.807) is 24.5 Å². The maximum absolute atomic E-state index is 14.1. The molecule has 2 aromatic carbocycles. The lowest BCUT2D eigenvalue weighted by Crippen LogP contribution is -2.39. The molecule has 0 saturated carbocycles. The molecule has 4 heterocycles. The lowest BCUT2D eigenvalue weighted by molar-refractivity contribution is -0.139. The fourth-order valence-electron chi connectivity index (χ4n) is 5.38. The SMILES string of the molecule is CCOC(=O)C1=C(C)N=c2s/c(=C\c3cc(C)n(-c4ccc(C)c(I)c4)c3C)c(=O)n2[C@H]1c1ccc2c(c1)OCO2. The molecule has 4 aromatic rings. The fraction of sp³-hybridized carbons (Fsp3) is 0.258. The molecule has 0 radical (unpaired) electrons. The summed E-state index contributed by atoms with van der Waals surface area (Å²) in [5, 5.41) is 0. The van der Waals surface area contributed by atoms with Crippen molar-refractivity contribution in [1.82, 2.24) is 9.13 Å². The summed E-state index contributed by atoms with van der Waals surface area (Å²) in [4.78, 5) is 32.5. The number of hydrogen-bond donors (Lipinski definition) is 0. The molecular weight excluding hydrogens is 653 g/mol.